The molecule has 0 unspecified atom stereocenters. The quantitative estimate of drug-likeness (QED) is 0.428. The van der Waals surface area contributed by atoms with Crippen molar-refractivity contribution in [3.63, 3.8) is 0 Å². The van der Waals surface area contributed by atoms with Gasteiger partial charge in [-0.3, -0.25) is 20.6 Å². The molecule has 0 bridgehead atoms. The van der Waals surface area contributed by atoms with Crippen molar-refractivity contribution >= 4 is 5.84 Å². The van der Waals surface area contributed by atoms with E-state index in [-0.39, 0.29) is 5.60 Å². The van der Waals surface area contributed by atoms with Crippen LogP contribution >= 0.6 is 0 Å². The van der Waals surface area contributed by atoms with E-state index in [9.17, 15) is 5.21 Å². The number of morpholine rings is 1. The minimum Gasteiger partial charge on any atom is -0.483 e. The van der Waals surface area contributed by atoms with Gasteiger partial charge < -0.3 is 14.2 Å². The summed E-state index contributed by atoms with van der Waals surface area (Å²) in [5.74, 6) is 2.26. The van der Waals surface area contributed by atoms with Gasteiger partial charge in [-0.05, 0) is 26.0 Å². The van der Waals surface area contributed by atoms with Crippen LogP contribution in [0.15, 0.2) is 41.5 Å². The summed E-state index contributed by atoms with van der Waals surface area (Å²) in [7, 11) is 0. The van der Waals surface area contributed by atoms with E-state index in [1.54, 1.807) is 12.3 Å². The summed E-state index contributed by atoms with van der Waals surface area (Å²) in [6.07, 6.45) is 2.47. The SMILES string of the molecule is CC1(C)Cc2cccc(Oc3ccc(C(=NCCN4CCOCC4)NO)cn3)c2O1. The van der Waals surface area contributed by atoms with Crippen molar-refractivity contribution in [3.8, 4) is 17.4 Å². The summed E-state index contributed by atoms with van der Waals surface area (Å²) in [5.41, 5.74) is 3.75. The molecule has 30 heavy (non-hydrogen) atoms. The lowest BCUT2D eigenvalue weighted by molar-refractivity contribution is 0.0394. The van der Waals surface area contributed by atoms with Crippen LogP contribution in [0.3, 0.4) is 0 Å². The Bertz CT molecular complexity index is 893. The molecule has 1 saturated heterocycles. The van der Waals surface area contributed by atoms with E-state index in [1.165, 1.54) is 0 Å². The largest absolute Gasteiger partial charge is 0.483 e. The maximum Gasteiger partial charge on any atom is 0.219 e. The van der Waals surface area contributed by atoms with Gasteiger partial charge in [0.2, 0.25) is 5.88 Å². The minimum absolute atomic E-state index is 0.238. The smallest absolute Gasteiger partial charge is 0.219 e. The molecule has 0 aliphatic carbocycles. The van der Waals surface area contributed by atoms with Gasteiger partial charge in [-0.15, -0.1) is 0 Å². The van der Waals surface area contributed by atoms with E-state index < -0.39 is 0 Å². The predicted octanol–water partition coefficient (Wildman–Crippen LogP) is 2.64. The molecule has 1 aromatic carbocycles. The van der Waals surface area contributed by atoms with Gasteiger partial charge in [0.1, 0.15) is 5.60 Å². The molecule has 2 aliphatic rings. The van der Waals surface area contributed by atoms with Gasteiger partial charge >= 0.3 is 0 Å². The molecule has 2 N–H and O–H groups in total. The molecule has 2 aromatic rings. The number of pyridine rings is 1. The van der Waals surface area contributed by atoms with Crippen LogP contribution in [0.4, 0.5) is 0 Å². The Balaban J connectivity index is 1.40. The molecule has 3 heterocycles. The number of rotatable bonds is 6. The van der Waals surface area contributed by atoms with Crippen LogP contribution in [-0.4, -0.2) is 65.9 Å². The first-order valence-electron chi connectivity index (χ1n) is 10.2. The number of nitrogens with one attached hydrogen (secondary N) is 1. The lowest BCUT2D eigenvalue weighted by atomic mass is 10.0. The highest BCUT2D eigenvalue weighted by Gasteiger charge is 2.32. The fraction of sp³-hybridized carbons (Fsp3) is 0.455. The van der Waals surface area contributed by atoms with Crippen LogP contribution < -0.4 is 15.0 Å². The lowest BCUT2D eigenvalue weighted by Gasteiger charge is -2.25. The van der Waals surface area contributed by atoms with Gasteiger partial charge in [0, 0.05) is 49.4 Å². The molecule has 0 atom stereocenters. The van der Waals surface area contributed by atoms with E-state index >= 15 is 0 Å². The molecule has 0 saturated carbocycles. The maximum absolute atomic E-state index is 9.49. The normalized spacial score (nSPS) is 18.6. The van der Waals surface area contributed by atoms with Crippen molar-refractivity contribution in [1.82, 2.24) is 15.4 Å². The molecule has 0 amide bonds. The second-order valence-corrected chi connectivity index (χ2v) is 8.07. The Hall–Kier alpha value is -2.68. The first kappa shape index (κ1) is 20.6. The second kappa shape index (κ2) is 8.99. The average molecular weight is 412 g/mol. The fourth-order valence-corrected chi connectivity index (χ4v) is 3.68. The number of hydroxylamine groups is 1. The summed E-state index contributed by atoms with van der Waals surface area (Å²) in [6.45, 7) is 8.85. The molecule has 2 aliphatic heterocycles. The third kappa shape index (κ3) is 4.89. The van der Waals surface area contributed by atoms with Crippen molar-refractivity contribution in [2.45, 2.75) is 25.9 Å². The summed E-state index contributed by atoms with van der Waals surface area (Å²) in [6, 6.07) is 9.46. The first-order chi connectivity index (χ1) is 14.5. The van der Waals surface area contributed by atoms with E-state index in [4.69, 9.17) is 14.2 Å². The zero-order valence-electron chi connectivity index (χ0n) is 17.4. The van der Waals surface area contributed by atoms with Crippen LogP contribution in [-0.2, 0) is 11.2 Å². The van der Waals surface area contributed by atoms with E-state index in [1.807, 2.05) is 18.2 Å². The average Bonchev–Trinajstić information content (AvgIpc) is 3.08. The number of aliphatic imine (C=N–C) groups is 1. The Labute approximate surface area is 176 Å². The minimum atomic E-state index is -0.238. The van der Waals surface area contributed by atoms with Crippen molar-refractivity contribution in [2.24, 2.45) is 4.99 Å². The van der Waals surface area contributed by atoms with Crippen LogP contribution in [0.5, 0.6) is 17.4 Å². The Morgan fingerprint density at radius 1 is 1.27 bits per heavy atom. The molecule has 1 aromatic heterocycles. The van der Waals surface area contributed by atoms with Gasteiger partial charge in [-0.2, -0.15) is 0 Å². The topological polar surface area (TPSA) is 88.4 Å². The first-order valence-corrected chi connectivity index (χ1v) is 10.2. The van der Waals surface area contributed by atoms with Crippen LogP contribution in [0.2, 0.25) is 0 Å². The number of hydrogen-bond acceptors (Lipinski definition) is 7. The molecular weight excluding hydrogens is 384 g/mol. The third-order valence-electron chi connectivity index (χ3n) is 5.18. The number of amidine groups is 1. The highest BCUT2D eigenvalue weighted by atomic mass is 16.5. The van der Waals surface area contributed by atoms with E-state index in [2.05, 4.69) is 40.3 Å². The molecular formula is C22H28N4O4. The zero-order valence-corrected chi connectivity index (χ0v) is 17.4. The standard InChI is InChI=1S/C22H28N4O4/c1-22(2)14-16-4-3-5-18(20(16)30-22)29-19-7-6-17(15-24-19)21(25-27)23-8-9-26-10-12-28-13-11-26/h3-7,15,27H,8-14H2,1-2H3,(H,23,25). The number of aromatic nitrogens is 1. The number of nitrogens with zero attached hydrogens (tertiary/aromatic N) is 3. The van der Waals surface area contributed by atoms with E-state index in [0.29, 0.717) is 29.6 Å². The molecule has 8 heteroatoms. The van der Waals surface area contributed by atoms with Crippen LogP contribution in [0, 0.1) is 0 Å². The second-order valence-electron chi connectivity index (χ2n) is 8.07. The van der Waals surface area contributed by atoms with Gasteiger partial charge in [-0.25, -0.2) is 4.98 Å². The summed E-state index contributed by atoms with van der Waals surface area (Å²) in [4.78, 5) is 11.1. The molecule has 4 rings (SSSR count). The highest BCUT2D eigenvalue weighted by Crippen LogP contribution is 2.43. The predicted molar refractivity (Wildman–Crippen MR) is 113 cm³/mol. The monoisotopic (exact) mass is 412 g/mol. The molecule has 8 nitrogen and oxygen atoms in total. The summed E-state index contributed by atoms with van der Waals surface area (Å²) >= 11 is 0. The lowest BCUT2D eigenvalue weighted by Crippen LogP contribution is -2.38. The van der Waals surface area contributed by atoms with Crippen molar-refractivity contribution in [3.05, 3.63) is 47.7 Å². The van der Waals surface area contributed by atoms with Crippen LogP contribution in [0.25, 0.3) is 0 Å². The van der Waals surface area contributed by atoms with Gasteiger partial charge in [-0.1, -0.05) is 12.1 Å². The van der Waals surface area contributed by atoms with Crippen molar-refractivity contribution < 1.29 is 19.4 Å². The number of ether oxygens (including phenoxy) is 3. The van der Waals surface area contributed by atoms with Crippen LogP contribution in [0.1, 0.15) is 25.0 Å². The third-order valence-corrected chi connectivity index (χ3v) is 5.18. The van der Waals surface area contributed by atoms with Gasteiger partial charge in [0.15, 0.2) is 17.3 Å². The summed E-state index contributed by atoms with van der Waals surface area (Å²) < 4.78 is 17.4. The molecule has 1 fully saturated rings. The molecule has 0 radical (unpaired) electrons. The van der Waals surface area contributed by atoms with Gasteiger partial charge in [0.05, 0.1) is 19.8 Å². The van der Waals surface area contributed by atoms with Crippen molar-refractivity contribution in [2.75, 3.05) is 39.4 Å². The molecule has 0 spiro atoms. The number of fused-ring (bicyclic) bond motifs is 1. The summed E-state index contributed by atoms with van der Waals surface area (Å²) in [5, 5.41) is 9.49. The maximum atomic E-state index is 9.49. The van der Waals surface area contributed by atoms with E-state index in [0.717, 1.165) is 50.6 Å². The zero-order chi connectivity index (χ0) is 21.0. The number of hydrogen-bond donors (Lipinski definition) is 2. The number of benzene rings is 1. The highest BCUT2D eigenvalue weighted by molar-refractivity contribution is 5.97. The van der Waals surface area contributed by atoms with Gasteiger partial charge in [0.25, 0.3) is 0 Å². The Kier molecular flexibility index (Phi) is 6.17. The fourth-order valence-electron chi connectivity index (χ4n) is 3.68. The Morgan fingerprint density at radius 3 is 2.83 bits per heavy atom. The molecule has 160 valence electrons. The number of para-hydroxylation sites is 1. The van der Waals surface area contributed by atoms with Crippen molar-refractivity contribution in [1.29, 1.82) is 0 Å². The Morgan fingerprint density at radius 2 is 2.10 bits per heavy atom.